The highest BCUT2D eigenvalue weighted by molar-refractivity contribution is 5.68. The molecule has 0 aromatic heterocycles. The summed E-state index contributed by atoms with van der Waals surface area (Å²) in [4.78, 5) is 9.88. The van der Waals surface area contributed by atoms with Crippen LogP contribution in [0.3, 0.4) is 0 Å². The fourth-order valence-corrected chi connectivity index (χ4v) is 0.380. The molecule has 2 N–H and O–H groups in total. The molecule has 0 saturated carbocycles. The van der Waals surface area contributed by atoms with Crippen LogP contribution in [-0.2, 0) is 4.79 Å². The summed E-state index contributed by atoms with van der Waals surface area (Å²) in [6.07, 6.45) is 3.73. The Morgan fingerprint density at radius 1 is 1.78 bits per heavy atom. The molecule has 0 aromatic carbocycles. The zero-order chi connectivity index (χ0) is 7.11. The van der Waals surface area contributed by atoms with Gasteiger partial charge >= 0.3 is 5.97 Å². The summed E-state index contributed by atoms with van der Waals surface area (Å²) in [6.45, 7) is 2.55. The van der Waals surface area contributed by atoms with Gasteiger partial charge in [0.1, 0.15) is 0 Å². The minimum absolute atomic E-state index is 0.0321. The molecule has 0 saturated heterocycles. The van der Waals surface area contributed by atoms with E-state index in [9.17, 15) is 4.79 Å². The number of rotatable bonds is 4. The lowest BCUT2D eigenvalue weighted by Gasteiger charge is -1.92. The summed E-state index contributed by atoms with van der Waals surface area (Å²) < 4.78 is 0. The third kappa shape index (κ3) is 7.17. The molecule has 0 bridgehead atoms. The first-order valence-electron chi connectivity index (χ1n) is 2.81. The molecule has 9 heavy (non-hydrogen) atoms. The van der Waals surface area contributed by atoms with Gasteiger partial charge in [-0.05, 0) is 6.92 Å². The van der Waals surface area contributed by atoms with E-state index in [0.717, 1.165) is 0 Å². The molecule has 0 aliphatic carbocycles. The molecule has 3 heteroatoms. The smallest absolute Gasteiger partial charge is 0.317 e. The average molecular weight is 129 g/mol. The zero-order valence-electron chi connectivity index (χ0n) is 5.42. The second-order valence-electron chi connectivity index (χ2n) is 1.59. The van der Waals surface area contributed by atoms with Crippen LogP contribution in [0.1, 0.15) is 6.92 Å². The first-order chi connectivity index (χ1) is 4.27. The van der Waals surface area contributed by atoms with Crippen LogP contribution in [-0.4, -0.2) is 24.2 Å². The molecule has 0 radical (unpaired) electrons. The number of aliphatic carboxylic acids is 1. The molecule has 0 rings (SSSR count). The predicted octanol–water partition coefficient (Wildman–Crippen LogP) is 0.237. The lowest BCUT2D eigenvalue weighted by Crippen LogP contribution is -2.22. The molecule has 0 amide bonds. The normalized spacial score (nSPS) is 10.3. The molecular formula is C6H11NO2. The number of allylic oxidation sites excluding steroid dienone is 1. The predicted molar refractivity (Wildman–Crippen MR) is 35.3 cm³/mol. The maximum absolute atomic E-state index is 9.88. The van der Waals surface area contributed by atoms with E-state index in [1.54, 1.807) is 0 Å². The number of nitrogens with one attached hydrogen (secondary N) is 1. The van der Waals surface area contributed by atoms with E-state index in [2.05, 4.69) is 5.32 Å². The van der Waals surface area contributed by atoms with Gasteiger partial charge < -0.3 is 10.4 Å². The van der Waals surface area contributed by atoms with Gasteiger partial charge in [-0.2, -0.15) is 0 Å². The third-order valence-electron chi connectivity index (χ3n) is 0.774. The van der Waals surface area contributed by atoms with Crippen molar-refractivity contribution in [2.75, 3.05) is 13.1 Å². The number of carbonyl (C=O) groups is 1. The maximum Gasteiger partial charge on any atom is 0.317 e. The number of carboxylic acid groups (broad SMARTS) is 1. The zero-order valence-corrected chi connectivity index (χ0v) is 5.42. The van der Waals surface area contributed by atoms with E-state index in [-0.39, 0.29) is 6.54 Å². The summed E-state index contributed by atoms with van der Waals surface area (Å²) in [5.41, 5.74) is 0. The average Bonchev–Trinajstić information content (AvgIpc) is 1.80. The van der Waals surface area contributed by atoms with E-state index in [0.29, 0.717) is 6.54 Å². The topological polar surface area (TPSA) is 49.3 Å². The van der Waals surface area contributed by atoms with Crippen molar-refractivity contribution in [3.05, 3.63) is 12.2 Å². The van der Waals surface area contributed by atoms with Crippen molar-refractivity contribution in [2.45, 2.75) is 6.92 Å². The number of hydrogen-bond donors (Lipinski definition) is 2. The standard InChI is InChI=1S/C6H11NO2/c1-2-3-4-7-5-6(8)9/h2-3,7H,4-5H2,1H3,(H,8,9)/b3-2-. The van der Waals surface area contributed by atoms with Crippen molar-refractivity contribution in [3.63, 3.8) is 0 Å². The van der Waals surface area contributed by atoms with Gasteiger partial charge in [0.05, 0.1) is 6.54 Å². The van der Waals surface area contributed by atoms with Crippen molar-refractivity contribution in [1.29, 1.82) is 0 Å². The van der Waals surface area contributed by atoms with E-state index in [4.69, 9.17) is 5.11 Å². The van der Waals surface area contributed by atoms with Gasteiger partial charge in [-0.3, -0.25) is 4.79 Å². The minimum Gasteiger partial charge on any atom is -0.480 e. The van der Waals surface area contributed by atoms with E-state index < -0.39 is 5.97 Å². The second-order valence-corrected chi connectivity index (χ2v) is 1.59. The molecule has 52 valence electrons. The number of carboxylic acids is 1. The second kappa shape index (κ2) is 5.31. The van der Waals surface area contributed by atoms with Gasteiger partial charge in [0.25, 0.3) is 0 Å². The van der Waals surface area contributed by atoms with Gasteiger partial charge in [0, 0.05) is 6.54 Å². The van der Waals surface area contributed by atoms with Crippen LogP contribution in [0.25, 0.3) is 0 Å². The number of hydrogen-bond acceptors (Lipinski definition) is 2. The molecule has 0 aliphatic heterocycles. The molecule has 0 fully saturated rings. The minimum atomic E-state index is -0.820. The van der Waals surface area contributed by atoms with Crippen LogP contribution in [0.4, 0.5) is 0 Å². The largest absolute Gasteiger partial charge is 0.480 e. The van der Waals surface area contributed by atoms with Crippen LogP contribution >= 0.6 is 0 Å². The highest BCUT2D eigenvalue weighted by atomic mass is 16.4. The Hall–Kier alpha value is -0.830. The summed E-state index contributed by atoms with van der Waals surface area (Å²) >= 11 is 0. The van der Waals surface area contributed by atoms with Gasteiger partial charge in [-0.15, -0.1) is 0 Å². The van der Waals surface area contributed by atoms with Crippen LogP contribution < -0.4 is 5.32 Å². The summed E-state index contributed by atoms with van der Waals surface area (Å²) in [7, 11) is 0. The SMILES string of the molecule is C/C=C\CNCC(=O)O. The molecule has 0 aromatic rings. The molecule has 0 spiro atoms. The Kier molecular flexibility index (Phi) is 4.82. The van der Waals surface area contributed by atoms with Crippen molar-refractivity contribution in [3.8, 4) is 0 Å². The highest BCUT2D eigenvalue weighted by Crippen LogP contribution is 1.66. The van der Waals surface area contributed by atoms with Crippen LogP contribution in [0.5, 0.6) is 0 Å². The van der Waals surface area contributed by atoms with E-state index in [1.165, 1.54) is 0 Å². The third-order valence-corrected chi connectivity index (χ3v) is 0.774. The molecule has 0 atom stereocenters. The van der Waals surface area contributed by atoms with Crippen LogP contribution in [0.2, 0.25) is 0 Å². The van der Waals surface area contributed by atoms with E-state index in [1.807, 2.05) is 19.1 Å². The molecule has 0 heterocycles. The Morgan fingerprint density at radius 2 is 2.44 bits per heavy atom. The first kappa shape index (κ1) is 8.17. The summed E-state index contributed by atoms with van der Waals surface area (Å²) in [5.74, 6) is -0.820. The lowest BCUT2D eigenvalue weighted by molar-refractivity contribution is -0.135. The van der Waals surface area contributed by atoms with Gasteiger partial charge in [0.15, 0.2) is 0 Å². The van der Waals surface area contributed by atoms with Crippen molar-refractivity contribution < 1.29 is 9.90 Å². The Balaban J connectivity index is 3.01. The maximum atomic E-state index is 9.88. The lowest BCUT2D eigenvalue weighted by atomic mass is 10.5. The van der Waals surface area contributed by atoms with E-state index >= 15 is 0 Å². The molecule has 0 unspecified atom stereocenters. The van der Waals surface area contributed by atoms with Crippen LogP contribution in [0, 0.1) is 0 Å². The van der Waals surface area contributed by atoms with Crippen molar-refractivity contribution >= 4 is 5.97 Å². The molecule has 0 aliphatic rings. The van der Waals surface area contributed by atoms with Crippen LogP contribution in [0.15, 0.2) is 12.2 Å². The van der Waals surface area contributed by atoms with Crippen molar-refractivity contribution in [2.24, 2.45) is 0 Å². The molecular weight excluding hydrogens is 118 g/mol. The fourth-order valence-electron chi connectivity index (χ4n) is 0.380. The van der Waals surface area contributed by atoms with Gasteiger partial charge in [0.2, 0.25) is 0 Å². The Bertz CT molecular complexity index is 110. The Labute approximate surface area is 54.4 Å². The Morgan fingerprint density at radius 3 is 2.89 bits per heavy atom. The molecule has 3 nitrogen and oxygen atoms in total. The summed E-state index contributed by atoms with van der Waals surface area (Å²) in [5, 5.41) is 10.8. The first-order valence-corrected chi connectivity index (χ1v) is 2.81. The van der Waals surface area contributed by atoms with Gasteiger partial charge in [-0.25, -0.2) is 0 Å². The summed E-state index contributed by atoms with van der Waals surface area (Å²) in [6, 6.07) is 0. The van der Waals surface area contributed by atoms with Crippen molar-refractivity contribution in [1.82, 2.24) is 5.32 Å². The fraction of sp³-hybridized carbons (Fsp3) is 0.500. The quantitative estimate of drug-likeness (QED) is 0.422. The van der Waals surface area contributed by atoms with Gasteiger partial charge in [-0.1, -0.05) is 12.2 Å². The monoisotopic (exact) mass is 129 g/mol. The highest BCUT2D eigenvalue weighted by Gasteiger charge is 1.90.